The maximum Gasteiger partial charge on any atom is 0.0541 e. The molecule has 0 saturated carbocycles. The number of hydrogen-bond acceptors (Lipinski definition) is 4. The second-order valence-electron chi connectivity index (χ2n) is 6.20. The summed E-state index contributed by atoms with van der Waals surface area (Å²) in [6.07, 6.45) is 3.04. The maximum atomic E-state index is 4.38. The zero-order chi connectivity index (χ0) is 15.9. The van der Waals surface area contributed by atoms with Crippen molar-refractivity contribution in [3.05, 3.63) is 66.0 Å². The topological polar surface area (TPSA) is 40.2 Å². The van der Waals surface area contributed by atoms with Crippen LogP contribution in [0.4, 0.5) is 0 Å². The first-order valence-corrected chi connectivity index (χ1v) is 8.44. The molecule has 2 atom stereocenters. The Bertz CT molecular complexity index is 572. The van der Waals surface area contributed by atoms with Crippen LogP contribution < -0.4 is 10.6 Å². The Balaban J connectivity index is 1.66. The Kier molecular flexibility index (Phi) is 5.75. The lowest BCUT2D eigenvalue weighted by Crippen LogP contribution is -2.46. The Morgan fingerprint density at radius 3 is 2.78 bits per heavy atom. The molecule has 0 radical (unpaired) electrons. The third-order valence-corrected chi connectivity index (χ3v) is 4.49. The first-order valence-electron chi connectivity index (χ1n) is 8.44. The minimum Gasteiger partial charge on any atom is -0.311 e. The molecule has 4 nitrogen and oxygen atoms in total. The zero-order valence-corrected chi connectivity index (χ0v) is 13.8. The second-order valence-corrected chi connectivity index (χ2v) is 6.20. The summed E-state index contributed by atoms with van der Waals surface area (Å²) >= 11 is 0. The number of benzene rings is 1. The van der Waals surface area contributed by atoms with Crippen molar-refractivity contribution in [2.75, 3.05) is 26.7 Å². The van der Waals surface area contributed by atoms with Crippen LogP contribution in [0.2, 0.25) is 0 Å². The van der Waals surface area contributed by atoms with Gasteiger partial charge in [-0.15, -0.1) is 0 Å². The Hall–Kier alpha value is -1.75. The van der Waals surface area contributed by atoms with E-state index in [1.165, 1.54) is 12.0 Å². The fraction of sp³-hybridized carbons (Fsp3) is 0.421. The maximum absolute atomic E-state index is 4.38. The number of rotatable bonds is 5. The van der Waals surface area contributed by atoms with Gasteiger partial charge in [0.05, 0.1) is 11.7 Å². The molecular formula is C19H26N4. The van der Waals surface area contributed by atoms with Crippen molar-refractivity contribution in [2.45, 2.75) is 25.0 Å². The van der Waals surface area contributed by atoms with E-state index in [-0.39, 0.29) is 0 Å². The standard InChI is InChI=1S/C19H26N4/c1-23-13-7-12-22-18(19(23)16-8-3-2-4-9-16)15-20-14-17-10-5-6-11-21-17/h2-6,8-11,18-20,22H,7,12-15H2,1H3. The average Bonchev–Trinajstić information content (AvgIpc) is 2.78. The molecule has 2 aromatic rings. The number of aromatic nitrogens is 1. The fourth-order valence-corrected chi connectivity index (χ4v) is 3.35. The van der Waals surface area contributed by atoms with Crippen LogP contribution in [0, 0.1) is 0 Å². The lowest BCUT2D eigenvalue weighted by Gasteiger charge is -2.33. The predicted octanol–water partition coefficient (Wildman–Crippen LogP) is 2.21. The highest BCUT2D eigenvalue weighted by atomic mass is 15.2. The number of pyridine rings is 1. The number of hydrogen-bond donors (Lipinski definition) is 2. The lowest BCUT2D eigenvalue weighted by molar-refractivity contribution is 0.216. The van der Waals surface area contributed by atoms with Crippen molar-refractivity contribution in [1.82, 2.24) is 20.5 Å². The van der Waals surface area contributed by atoms with Crippen LogP contribution in [0.25, 0.3) is 0 Å². The summed E-state index contributed by atoms with van der Waals surface area (Å²) in [7, 11) is 2.23. The molecular weight excluding hydrogens is 284 g/mol. The SMILES string of the molecule is CN1CCCNC(CNCc2ccccn2)C1c1ccccc1. The van der Waals surface area contributed by atoms with E-state index in [0.717, 1.165) is 31.9 Å². The summed E-state index contributed by atoms with van der Waals surface area (Å²) in [6, 6.07) is 17.7. The van der Waals surface area contributed by atoms with Gasteiger partial charge in [-0.25, -0.2) is 0 Å². The van der Waals surface area contributed by atoms with Crippen molar-refractivity contribution < 1.29 is 0 Å². The molecule has 1 fully saturated rings. The number of nitrogens with zero attached hydrogens (tertiary/aromatic N) is 2. The molecule has 3 rings (SSSR count). The van der Waals surface area contributed by atoms with Gasteiger partial charge in [0.2, 0.25) is 0 Å². The molecule has 2 N–H and O–H groups in total. The molecule has 1 aliphatic heterocycles. The molecule has 2 unspecified atom stereocenters. The minimum absolute atomic E-state index is 0.397. The van der Waals surface area contributed by atoms with Gasteiger partial charge < -0.3 is 10.6 Å². The molecule has 4 heteroatoms. The van der Waals surface area contributed by atoms with Gasteiger partial charge in [0.25, 0.3) is 0 Å². The van der Waals surface area contributed by atoms with Gasteiger partial charge in [0, 0.05) is 25.3 Å². The van der Waals surface area contributed by atoms with Gasteiger partial charge in [0.15, 0.2) is 0 Å². The highest BCUT2D eigenvalue weighted by molar-refractivity contribution is 5.21. The normalized spacial score (nSPS) is 22.7. The molecule has 122 valence electrons. The summed E-state index contributed by atoms with van der Waals surface area (Å²) in [4.78, 5) is 6.85. The Morgan fingerprint density at radius 2 is 2.00 bits per heavy atom. The number of nitrogens with one attached hydrogen (secondary N) is 2. The summed E-state index contributed by atoms with van der Waals surface area (Å²) in [5.41, 5.74) is 2.47. The van der Waals surface area contributed by atoms with Gasteiger partial charge in [-0.1, -0.05) is 36.4 Å². The molecule has 0 bridgehead atoms. The molecule has 0 aliphatic carbocycles. The van der Waals surface area contributed by atoms with Crippen molar-refractivity contribution in [2.24, 2.45) is 0 Å². The third kappa shape index (κ3) is 4.38. The van der Waals surface area contributed by atoms with Crippen LogP contribution in [-0.2, 0) is 6.54 Å². The second kappa shape index (κ2) is 8.20. The van der Waals surface area contributed by atoms with E-state index in [9.17, 15) is 0 Å². The quantitative estimate of drug-likeness (QED) is 0.888. The molecule has 0 spiro atoms. The minimum atomic E-state index is 0.397. The smallest absolute Gasteiger partial charge is 0.0541 e. The van der Waals surface area contributed by atoms with E-state index in [4.69, 9.17) is 0 Å². The van der Waals surface area contributed by atoms with E-state index in [2.05, 4.69) is 64.0 Å². The summed E-state index contributed by atoms with van der Waals surface area (Å²) in [5, 5.41) is 7.29. The van der Waals surface area contributed by atoms with E-state index in [0.29, 0.717) is 12.1 Å². The first kappa shape index (κ1) is 16.1. The third-order valence-electron chi connectivity index (χ3n) is 4.49. The largest absolute Gasteiger partial charge is 0.311 e. The molecule has 23 heavy (non-hydrogen) atoms. The van der Waals surface area contributed by atoms with Crippen molar-refractivity contribution in [3.8, 4) is 0 Å². The van der Waals surface area contributed by atoms with Crippen molar-refractivity contribution >= 4 is 0 Å². The summed E-state index contributed by atoms with van der Waals surface area (Å²) < 4.78 is 0. The fourth-order valence-electron chi connectivity index (χ4n) is 3.35. The van der Waals surface area contributed by atoms with Crippen LogP contribution in [0.3, 0.4) is 0 Å². The highest BCUT2D eigenvalue weighted by Gasteiger charge is 2.28. The van der Waals surface area contributed by atoms with E-state index in [1.54, 1.807) is 0 Å². The molecule has 1 saturated heterocycles. The monoisotopic (exact) mass is 310 g/mol. The van der Waals surface area contributed by atoms with Crippen LogP contribution in [0.15, 0.2) is 54.7 Å². The van der Waals surface area contributed by atoms with Crippen LogP contribution >= 0.6 is 0 Å². The van der Waals surface area contributed by atoms with Gasteiger partial charge >= 0.3 is 0 Å². The molecule has 1 aliphatic rings. The Morgan fingerprint density at radius 1 is 1.17 bits per heavy atom. The van der Waals surface area contributed by atoms with Gasteiger partial charge in [0.1, 0.15) is 0 Å². The van der Waals surface area contributed by atoms with Crippen LogP contribution in [0.5, 0.6) is 0 Å². The van der Waals surface area contributed by atoms with Gasteiger partial charge in [-0.05, 0) is 44.3 Å². The zero-order valence-electron chi connectivity index (χ0n) is 13.8. The summed E-state index contributed by atoms with van der Waals surface area (Å²) in [6.45, 7) is 3.94. The lowest BCUT2D eigenvalue weighted by atomic mass is 9.98. The number of likely N-dealkylation sites (N-methyl/N-ethyl adjacent to an activating group) is 1. The van der Waals surface area contributed by atoms with Crippen molar-refractivity contribution in [1.29, 1.82) is 0 Å². The van der Waals surface area contributed by atoms with E-state index < -0.39 is 0 Å². The summed E-state index contributed by atoms with van der Waals surface area (Å²) in [5.74, 6) is 0. The Labute approximate surface area is 138 Å². The first-order chi connectivity index (χ1) is 11.3. The van der Waals surface area contributed by atoms with Crippen LogP contribution in [-0.4, -0.2) is 42.6 Å². The van der Waals surface area contributed by atoms with Gasteiger partial charge in [-0.3, -0.25) is 9.88 Å². The van der Waals surface area contributed by atoms with Gasteiger partial charge in [-0.2, -0.15) is 0 Å². The van der Waals surface area contributed by atoms with Crippen LogP contribution in [0.1, 0.15) is 23.7 Å². The molecule has 2 heterocycles. The van der Waals surface area contributed by atoms with E-state index in [1.807, 2.05) is 18.3 Å². The average molecular weight is 310 g/mol. The molecule has 1 aromatic heterocycles. The van der Waals surface area contributed by atoms with E-state index >= 15 is 0 Å². The predicted molar refractivity (Wildman–Crippen MR) is 94.2 cm³/mol. The molecule has 1 aromatic carbocycles. The highest BCUT2D eigenvalue weighted by Crippen LogP contribution is 2.25. The van der Waals surface area contributed by atoms with Crippen molar-refractivity contribution in [3.63, 3.8) is 0 Å². The molecule has 0 amide bonds.